The summed E-state index contributed by atoms with van der Waals surface area (Å²) in [7, 11) is 0. The maximum absolute atomic E-state index is 4.08. The van der Waals surface area contributed by atoms with E-state index in [9.17, 15) is 0 Å². The molecule has 0 spiro atoms. The molecule has 0 N–H and O–H groups in total. The molecule has 0 nitrogen and oxygen atoms in total. The Morgan fingerprint density at radius 3 is 1.22 bits per heavy atom. The summed E-state index contributed by atoms with van der Waals surface area (Å²) in [6, 6.07) is 34.9. The molecule has 0 heteroatoms. The van der Waals surface area contributed by atoms with Crippen LogP contribution >= 0.6 is 0 Å². The SMILES string of the molecule is [CH2]c1ccc(C2(c3ccc([CH2])cc3)c3ccccc3-c3ccccc32)cc1. The monoisotopic (exact) mass is 344 g/mol. The second kappa shape index (κ2) is 5.96. The third kappa shape index (κ3) is 2.23. The Balaban J connectivity index is 1.94. The average molecular weight is 344 g/mol. The van der Waals surface area contributed by atoms with Crippen molar-refractivity contribution in [3.63, 3.8) is 0 Å². The first-order valence-corrected chi connectivity index (χ1v) is 9.25. The largest absolute Gasteiger partial charge is 0.0713 e. The van der Waals surface area contributed by atoms with Gasteiger partial charge in [-0.2, -0.15) is 0 Å². The van der Waals surface area contributed by atoms with Crippen molar-refractivity contribution in [3.8, 4) is 11.1 Å². The first-order chi connectivity index (χ1) is 13.2. The minimum Gasteiger partial charge on any atom is -0.0619 e. The van der Waals surface area contributed by atoms with Gasteiger partial charge in [0.2, 0.25) is 0 Å². The van der Waals surface area contributed by atoms with Crippen LogP contribution in [0.15, 0.2) is 97.1 Å². The molecule has 0 aromatic heterocycles. The van der Waals surface area contributed by atoms with Gasteiger partial charge in [-0.1, -0.05) is 97.1 Å². The number of hydrogen-bond acceptors (Lipinski definition) is 0. The standard InChI is InChI=1S/C27H20/c1-19-11-15-21(16-12-19)27(22-17-13-20(2)14-18-22)25-9-5-3-7-23(25)24-8-4-6-10-26(24)27/h3-18H,1-2H2. The Morgan fingerprint density at radius 2 is 0.815 bits per heavy atom. The molecule has 2 radical (unpaired) electrons. The zero-order valence-corrected chi connectivity index (χ0v) is 15.2. The smallest absolute Gasteiger partial charge is 0.0619 e. The lowest BCUT2D eigenvalue weighted by atomic mass is 9.67. The van der Waals surface area contributed by atoms with Crippen LogP contribution in [0.3, 0.4) is 0 Å². The van der Waals surface area contributed by atoms with E-state index in [1.54, 1.807) is 0 Å². The minimum atomic E-state index is -0.325. The summed E-state index contributed by atoms with van der Waals surface area (Å²) >= 11 is 0. The zero-order chi connectivity index (χ0) is 18.4. The Labute approximate surface area is 161 Å². The Morgan fingerprint density at radius 1 is 0.444 bits per heavy atom. The Kier molecular flexibility index (Phi) is 3.55. The predicted octanol–water partition coefficient (Wildman–Crippen LogP) is 6.41. The summed E-state index contributed by atoms with van der Waals surface area (Å²) in [6.45, 7) is 8.15. The third-order valence-corrected chi connectivity index (χ3v) is 5.73. The molecule has 0 bridgehead atoms. The molecule has 5 rings (SSSR count). The summed E-state index contributed by atoms with van der Waals surface area (Å²) in [5, 5.41) is 0. The van der Waals surface area contributed by atoms with E-state index in [0.29, 0.717) is 0 Å². The van der Waals surface area contributed by atoms with Crippen LogP contribution in [-0.4, -0.2) is 0 Å². The molecule has 0 unspecified atom stereocenters. The molecule has 0 aliphatic heterocycles. The number of hydrogen-bond donors (Lipinski definition) is 0. The van der Waals surface area contributed by atoms with E-state index < -0.39 is 0 Å². The molecule has 0 atom stereocenters. The molecule has 4 aromatic carbocycles. The summed E-state index contributed by atoms with van der Waals surface area (Å²) in [6.07, 6.45) is 0. The van der Waals surface area contributed by atoms with Gasteiger partial charge in [-0.15, -0.1) is 0 Å². The van der Waals surface area contributed by atoms with Crippen molar-refractivity contribution >= 4 is 0 Å². The maximum Gasteiger partial charge on any atom is 0.0713 e. The van der Waals surface area contributed by atoms with Crippen LogP contribution in [0.25, 0.3) is 11.1 Å². The van der Waals surface area contributed by atoms with Crippen molar-refractivity contribution in [2.75, 3.05) is 0 Å². The number of fused-ring (bicyclic) bond motifs is 3. The van der Waals surface area contributed by atoms with Gasteiger partial charge in [-0.3, -0.25) is 0 Å². The van der Waals surface area contributed by atoms with Crippen LogP contribution in [0.2, 0.25) is 0 Å². The first kappa shape index (κ1) is 16.1. The quantitative estimate of drug-likeness (QED) is 0.347. The maximum atomic E-state index is 4.08. The fraction of sp³-hybridized carbons (Fsp3) is 0.0370. The molecule has 0 amide bonds. The molecule has 27 heavy (non-hydrogen) atoms. The molecule has 0 saturated heterocycles. The second-order valence-electron chi connectivity index (χ2n) is 7.24. The Hall–Kier alpha value is -3.12. The fourth-order valence-corrected chi connectivity index (χ4v) is 4.53. The highest BCUT2D eigenvalue weighted by Gasteiger charge is 2.45. The van der Waals surface area contributed by atoms with Crippen LogP contribution in [0.5, 0.6) is 0 Å². The molecule has 128 valence electrons. The van der Waals surface area contributed by atoms with E-state index in [-0.39, 0.29) is 5.41 Å². The van der Waals surface area contributed by atoms with Crippen LogP contribution in [0.1, 0.15) is 33.4 Å². The van der Waals surface area contributed by atoms with E-state index in [0.717, 1.165) is 11.1 Å². The van der Waals surface area contributed by atoms with Gasteiger partial charge in [0.25, 0.3) is 0 Å². The lowest BCUT2D eigenvalue weighted by Crippen LogP contribution is -2.28. The van der Waals surface area contributed by atoms with E-state index in [2.05, 4.69) is 111 Å². The van der Waals surface area contributed by atoms with Gasteiger partial charge in [0, 0.05) is 0 Å². The molecule has 0 fully saturated rings. The molecule has 0 heterocycles. The predicted molar refractivity (Wildman–Crippen MR) is 113 cm³/mol. The minimum absolute atomic E-state index is 0.325. The third-order valence-electron chi connectivity index (χ3n) is 5.73. The van der Waals surface area contributed by atoms with E-state index in [1.807, 2.05) is 0 Å². The highest BCUT2D eigenvalue weighted by Crippen LogP contribution is 2.55. The molecular formula is C27H20. The summed E-state index contributed by atoms with van der Waals surface area (Å²) < 4.78 is 0. The van der Waals surface area contributed by atoms with Crippen LogP contribution in [-0.2, 0) is 5.41 Å². The average Bonchev–Trinajstić information content (AvgIpc) is 3.01. The highest BCUT2D eigenvalue weighted by atomic mass is 14.5. The number of benzene rings is 4. The summed E-state index contributed by atoms with van der Waals surface area (Å²) in [4.78, 5) is 0. The van der Waals surface area contributed by atoms with Gasteiger partial charge in [0.1, 0.15) is 0 Å². The highest BCUT2D eigenvalue weighted by molar-refractivity contribution is 5.86. The van der Waals surface area contributed by atoms with E-state index >= 15 is 0 Å². The molecule has 0 saturated carbocycles. The topological polar surface area (TPSA) is 0 Å². The van der Waals surface area contributed by atoms with Crippen molar-refractivity contribution < 1.29 is 0 Å². The van der Waals surface area contributed by atoms with Crippen molar-refractivity contribution in [1.82, 2.24) is 0 Å². The van der Waals surface area contributed by atoms with Crippen molar-refractivity contribution in [1.29, 1.82) is 0 Å². The first-order valence-electron chi connectivity index (χ1n) is 9.25. The van der Waals surface area contributed by atoms with E-state index in [1.165, 1.54) is 33.4 Å². The van der Waals surface area contributed by atoms with Gasteiger partial charge in [0.05, 0.1) is 5.41 Å². The van der Waals surface area contributed by atoms with Gasteiger partial charge < -0.3 is 0 Å². The van der Waals surface area contributed by atoms with Gasteiger partial charge in [-0.25, -0.2) is 0 Å². The lowest BCUT2D eigenvalue weighted by Gasteiger charge is -2.34. The molecule has 1 aliphatic carbocycles. The van der Waals surface area contributed by atoms with Crippen LogP contribution in [0.4, 0.5) is 0 Å². The van der Waals surface area contributed by atoms with Gasteiger partial charge in [0.15, 0.2) is 0 Å². The van der Waals surface area contributed by atoms with E-state index in [4.69, 9.17) is 0 Å². The number of rotatable bonds is 2. The lowest BCUT2D eigenvalue weighted by molar-refractivity contribution is 0.768. The Bertz CT molecular complexity index is 1020. The fourth-order valence-electron chi connectivity index (χ4n) is 4.53. The molecule has 1 aliphatic rings. The van der Waals surface area contributed by atoms with Crippen molar-refractivity contribution in [2.45, 2.75) is 5.41 Å². The van der Waals surface area contributed by atoms with Crippen LogP contribution < -0.4 is 0 Å². The van der Waals surface area contributed by atoms with Gasteiger partial charge >= 0.3 is 0 Å². The molecular weight excluding hydrogens is 324 g/mol. The zero-order valence-electron chi connectivity index (χ0n) is 15.2. The van der Waals surface area contributed by atoms with Gasteiger partial charge in [-0.05, 0) is 58.4 Å². The summed E-state index contributed by atoms with van der Waals surface area (Å²) in [5.41, 5.74) is 9.56. The normalized spacial score (nSPS) is 13.9. The second-order valence-corrected chi connectivity index (χ2v) is 7.24. The van der Waals surface area contributed by atoms with Crippen molar-refractivity contribution in [2.24, 2.45) is 0 Å². The van der Waals surface area contributed by atoms with Crippen molar-refractivity contribution in [3.05, 3.63) is 144 Å². The molecule has 4 aromatic rings. The summed E-state index contributed by atoms with van der Waals surface area (Å²) in [5.74, 6) is 0. The van der Waals surface area contributed by atoms with Crippen LogP contribution in [0, 0.1) is 13.8 Å².